The summed E-state index contributed by atoms with van der Waals surface area (Å²) in [7, 11) is 3.39. The van der Waals surface area contributed by atoms with Crippen molar-refractivity contribution in [2.75, 3.05) is 37.9 Å². The van der Waals surface area contributed by atoms with Gasteiger partial charge in [0.25, 0.3) is 0 Å². The molecule has 100 valence electrons. The van der Waals surface area contributed by atoms with Crippen molar-refractivity contribution in [3.05, 3.63) is 11.9 Å². The Bertz CT molecular complexity index is 397. The highest BCUT2D eigenvalue weighted by Crippen LogP contribution is 2.10. The molecule has 1 aromatic heterocycles. The Balaban J connectivity index is 2.57. The van der Waals surface area contributed by atoms with Crippen LogP contribution in [0.4, 0.5) is 11.6 Å². The van der Waals surface area contributed by atoms with E-state index < -0.39 is 0 Å². The van der Waals surface area contributed by atoms with Gasteiger partial charge in [0.05, 0.1) is 0 Å². The number of hydrogen-bond donors (Lipinski definition) is 3. The minimum absolute atomic E-state index is 0.0459. The van der Waals surface area contributed by atoms with E-state index in [1.54, 1.807) is 20.2 Å². The van der Waals surface area contributed by atoms with Crippen LogP contribution in [0.15, 0.2) is 6.07 Å². The van der Waals surface area contributed by atoms with E-state index in [0.29, 0.717) is 31.3 Å². The van der Waals surface area contributed by atoms with E-state index >= 15 is 0 Å². The third kappa shape index (κ3) is 4.96. The molecule has 3 N–H and O–H groups in total. The van der Waals surface area contributed by atoms with E-state index in [1.165, 1.54) is 6.92 Å². The van der Waals surface area contributed by atoms with Crippen molar-refractivity contribution in [1.29, 1.82) is 0 Å². The van der Waals surface area contributed by atoms with Gasteiger partial charge < -0.3 is 20.7 Å². The smallest absolute Gasteiger partial charge is 0.216 e. The molecule has 0 bridgehead atoms. The van der Waals surface area contributed by atoms with Crippen molar-refractivity contribution in [3.8, 4) is 0 Å². The maximum atomic E-state index is 10.7. The number of aromatic nitrogens is 2. The zero-order valence-electron chi connectivity index (χ0n) is 10.9. The Hall–Kier alpha value is -1.89. The molecule has 0 saturated heterocycles. The normalized spacial score (nSPS) is 9.94. The predicted octanol–water partition coefficient (Wildman–Crippen LogP) is 0.213. The van der Waals surface area contributed by atoms with Gasteiger partial charge in [-0.25, -0.2) is 9.97 Å². The van der Waals surface area contributed by atoms with Crippen LogP contribution < -0.4 is 16.0 Å². The highest BCUT2D eigenvalue weighted by molar-refractivity contribution is 5.72. The van der Waals surface area contributed by atoms with E-state index in [2.05, 4.69) is 25.9 Å². The summed E-state index contributed by atoms with van der Waals surface area (Å²) in [5.41, 5.74) is 0. The lowest BCUT2D eigenvalue weighted by Gasteiger charge is -2.09. The lowest BCUT2D eigenvalue weighted by atomic mass is 10.4. The van der Waals surface area contributed by atoms with Crippen LogP contribution in [0.3, 0.4) is 0 Å². The SMILES string of the molecule is CNc1cc(NCCNC(C)=O)nc(COC)n1. The van der Waals surface area contributed by atoms with Gasteiger partial charge in [-0.3, -0.25) is 4.79 Å². The van der Waals surface area contributed by atoms with Crippen LogP contribution in [-0.2, 0) is 16.1 Å². The molecule has 1 amide bonds. The Morgan fingerprint density at radius 2 is 2.06 bits per heavy atom. The van der Waals surface area contributed by atoms with Crippen molar-refractivity contribution in [2.24, 2.45) is 0 Å². The molecular formula is C11H19N5O2. The number of nitrogens with zero attached hydrogens (tertiary/aromatic N) is 2. The molecule has 0 saturated carbocycles. The predicted molar refractivity (Wildman–Crippen MR) is 69.5 cm³/mol. The first-order valence-corrected chi connectivity index (χ1v) is 5.68. The number of hydrogen-bond acceptors (Lipinski definition) is 6. The Morgan fingerprint density at radius 1 is 1.33 bits per heavy atom. The maximum Gasteiger partial charge on any atom is 0.216 e. The maximum absolute atomic E-state index is 10.7. The number of nitrogens with one attached hydrogen (secondary N) is 3. The number of methoxy groups -OCH3 is 1. The van der Waals surface area contributed by atoms with Gasteiger partial charge in [0.15, 0.2) is 5.82 Å². The average molecular weight is 253 g/mol. The van der Waals surface area contributed by atoms with E-state index in [-0.39, 0.29) is 5.91 Å². The molecule has 0 fully saturated rings. The van der Waals surface area contributed by atoms with E-state index in [1.807, 2.05) is 0 Å². The number of anilines is 2. The zero-order valence-corrected chi connectivity index (χ0v) is 10.9. The third-order valence-electron chi connectivity index (χ3n) is 2.11. The number of rotatable bonds is 7. The average Bonchev–Trinajstić information content (AvgIpc) is 2.34. The molecule has 7 nitrogen and oxygen atoms in total. The van der Waals surface area contributed by atoms with E-state index in [9.17, 15) is 4.79 Å². The summed E-state index contributed by atoms with van der Waals surface area (Å²) in [4.78, 5) is 19.2. The monoisotopic (exact) mass is 253 g/mol. The molecular weight excluding hydrogens is 234 g/mol. The van der Waals surface area contributed by atoms with Crippen LogP contribution in [0.2, 0.25) is 0 Å². The third-order valence-corrected chi connectivity index (χ3v) is 2.11. The molecule has 0 aliphatic carbocycles. The number of amides is 1. The zero-order chi connectivity index (χ0) is 13.4. The molecule has 0 spiro atoms. The fraction of sp³-hybridized carbons (Fsp3) is 0.545. The molecule has 0 aliphatic rings. The summed E-state index contributed by atoms with van der Waals surface area (Å²) in [6.45, 7) is 3.00. The van der Waals surface area contributed by atoms with Crippen LogP contribution in [0.5, 0.6) is 0 Å². The van der Waals surface area contributed by atoms with Crippen LogP contribution >= 0.6 is 0 Å². The fourth-order valence-electron chi connectivity index (χ4n) is 1.34. The topological polar surface area (TPSA) is 88.2 Å². The summed E-state index contributed by atoms with van der Waals surface area (Å²) in [6.07, 6.45) is 0. The lowest BCUT2D eigenvalue weighted by Crippen LogP contribution is -2.26. The first kappa shape index (κ1) is 14.2. The summed E-state index contributed by atoms with van der Waals surface area (Å²) < 4.78 is 5.00. The van der Waals surface area contributed by atoms with Gasteiger partial charge in [-0.05, 0) is 0 Å². The van der Waals surface area contributed by atoms with Gasteiger partial charge in [0, 0.05) is 40.2 Å². The van der Waals surface area contributed by atoms with Gasteiger partial charge in [0.1, 0.15) is 18.2 Å². The fourth-order valence-corrected chi connectivity index (χ4v) is 1.34. The van der Waals surface area contributed by atoms with Gasteiger partial charge in [-0.1, -0.05) is 0 Å². The highest BCUT2D eigenvalue weighted by Gasteiger charge is 2.03. The summed E-state index contributed by atoms with van der Waals surface area (Å²) >= 11 is 0. The second-order valence-corrected chi connectivity index (χ2v) is 3.65. The van der Waals surface area contributed by atoms with Gasteiger partial charge in [-0.2, -0.15) is 0 Å². The molecule has 7 heteroatoms. The molecule has 0 aromatic carbocycles. The largest absolute Gasteiger partial charge is 0.377 e. The number of ether oxygens (including phenoxy) is 1. The lowest BCUT2D eigenvalue weighted by molar-refractivity contribution is -0.118. The second kappa shape index (κ2) is 7.44. The van der Waals surface area contributed by atoms with Crippen molar-refractivity contribution in [3.63, 3.8) is 0 Å². The summed E-state index contributed by atoms with van der Waals surface area (Å²) in [6, 6.07) is 1.80. The minimum atomic E-state index is -0.0459. The van der Waals surface area contributed by atoms with E-state index in [0.717, 1.165) is 5.82 Å². The molecule has 0 atom stereocenters. The highest BCUT2D eigenvalue weighted by atomic mass is 16.5. The van der Waals surface area contributed by atoms with Crippen molar-refractivity contribution < 1.29 is 9.53 Å². The molecule has 0 aliphatic heterocycles. The first-order valence-electron chi connectivity index (χ1n) is 5.68. The van der Waals surface area contributed by atoms with Crippen molar-refractivity contribution >= 4 is 17.5 Å². The Labute approximate surface area is 106 Å². The van der Waals surface area contributed by atoms with Crippen LogP contribution in [-0.4, -0.2) is 43.1 Å². The standard InChI is InChI=1S/C11H19N5O2/c1-8(17)13-4-5-14-10-6-9(12-2)15-11(16-10)7-18-3/h6H,4-5,7H2,1-3H3,(H,13,17)(H2,12,14,15,16). The van der Waals surface area contributed by atoms with Crippen LogP contribution in [0, 0.1) is 0 Å². The molecule has 18 heavy (non-hydrogen) atoms. The quantitative estimate of drug-likeness (QED) is 0.602. The Morgan fingerprint density at radius 3 is 2.67 bits per heavy atom. The van der Waals surface area contributed by atoms with Gasteiger partial charge in [0.2, 0.25) is 5.91 Å². The summed E-state index contributed by atoms with van der Waals surface area (Å²) in [5.74, 6) is 1.98. The van der Waals surface area contributed by atoms with Crippen LogP contribution in [0.25, 0.3) is 0 Å². The molecule has 1 rings (SSSR count). The van der Waals surface area contributed by atoms with Crippen LogP contribution in [0.1, 0.15) is 12.7 Å². The van der Waals surface area contributed by atoms with Crippen molar-refractivity contribution in [2.45, 2.75) is 13.5 Å². The number of carbonyl (C=O) groups is 1. The number of carbonyl (C=O) groups excluding carboxylic acids is 1. The summed E-state index contributed by atoms with van der Waals surface area (Å²) in [5, 5.41) is 8.77. The van der Waals surface area contributed by atoms with Crippen molar-refractivity contribution in [1.82, 2.24) is 15.3 Å². The first-order chi connectivity index (χ1) is 8.65. The Kier molecular flexibility index (Phi) is 5.86. The van der Waals surface area contributed by atoms with Gasteiger partial charge >= 0.3 is 0 Å². The molecule has 1 heterocycles. The van der Waals surface area contributed by atoms with Gasteiger partial charge in [-0.15, -0.1) is 0 Å². The molecule has 1 aromatic rings. The van der Waals surface area contributed by atoms with E-state index in [4.69, 9.17) is 4.74 Å². The second-order valence-electron chi connectivity index (χ2n) is 3.65. The minimum Gasteiger partial charge on any atom is -0.377 e. The molecule has 0 radical (unpaired) electrons. The molecule has 0 unspecified atom stereocenters.